The quantitative estimate of drug-likeness (QED) is 0.313. The van der Waals surface area contributed by atoms with Gasteiger partial charge >= 0.3 is 5.97 Å². The van der Waals surface area contributed by atoms with E-state index < -0.39 is 12.0 Å². The molecular formula is C14H19NO4. The van der Waals surface area contributed by atoms with Crippen molar-refractivity contribution in [2.75, 3.05) is 0 Å². The molecule has 1 rings (SSSR count). The van der Waals surface area contributed by atoms with Gasteiger partial charge in [-0.3, -0.25) is 14.9 Å². The van der Waals surface area contributed by atoms with Crippen molar-refractivity contribution in [2.24, 2.45) is 0 Å². The molecule has 0 spiro atoms. The van der Waals surface area contributed by atoms with Crippen LogP contribution in [-0.2, 0) is 4.79 Å². The third-order valence-electron chi connectivity index (χ3n) is 2.85. The van der Waals surface area contributed by atoms with E-state index in [-0.39, 0.29) is 17.8 Å². The van der Waals surface area contributed by atoms with Crippen molar-refractivity contribution in [3.8, 4) is 5.75 Å². The van der Waals surface area contributed by atoms with Gasteiger partial charge in [0.05, 0.1) is 6.42 Å². The summed E-state index contributed by atoms with van der Waals surface area (Å²) in [6.07, 6.45) is 2.54. The fraction of sp³-hybridized carbons (Fsp3) is 0.500. The molecule has 1 aromatic carbocycles. The fourth-order valence-corrected chi connectivity index (χ4v) is 1.75. The van der Waals surface area contributed by atoms with Gasteiger partial charge < -0.3 is 4.74 Å². The fourth-order valence-electron chi connectivity index (χ4n) is 1.75. The second-order valence-corrected chi connectivity index (χ2v) is 4.41. The third kappa shape index (κ3) is 5.99. The van der Waals surface area contributed by atoms with Crippen molar-refractivity contribution in [2.45, 2.75) is 45.1 Å². The van der Waals surface area contributed by atoms with Crippen molar-refractivity contribution in [1.29, 1.82) is 0 Å². The Morgan fingerprint density at radius 3 is 2.58 bits per heavy atom. The lowest BCUT2D eigenvalue weighted by Crippen LogP contribution is -2.21. The van der Waals surface area contributed by atoms with Gasteiger partial charge in [-0.1, -0.05) is 31.5 Å². The first kappa shape index (κ1) is 15.1. The number of unbranched alkanes of at least 4 members (excludes halogenated alkanes) is 1. The minimum absolute atomic E-state index is 0.0737. The van der Waals surface area contributed by atoms with E-state index >= 15 is 0 Å². The zero-order valence-corrected chi connectivity index (χ0v) is 11.1. The summed E-state index contributed by atoms with van der Waals surface area (Å²) in [4.78, 5) is 22.1. The van der Waals surface area contributed by atoms with Gasteiger partial charge in [0, 0.05) is 17.8 Å². The number of hydrogen-bond acceptors (Lipinski definition) is 4. The zero-order chi connectivity index (χ0) is 14.1. The second kappa shape index (κ2) is 8.24. The van der Waals surface area contributed by atoms with Crippen molar-refractivity contribution < 1.29 is 14.5 Å². The summed E-state index contributed by atoms with van der Waals surface area (Å²) in [6, 6.07) is 8.07. The van der Waals surface area contributed by atoms with Gasteiger partial charge in [-0.2, -0.15) is 0 Å². The molecule has 0 saturated heterocycles. The highest BCUT2D eigenvalue weighted by atomic mass is 16.6. The van der Waals surface area contributed by atoms with Gasteiger partial charge in [0.15, 0.2) is 0 Å². The first-order valence-electron chi connectivity index (χ1n) is 6.52. The van der Waals surface area contributed by atoms with Crippen LogP contribution < -0.4 is 4.74 Å². The maximum absolute atomic E-state index is 11.6. The van der Waals surface area contributed by atoms with E-state index in [2.05, 4.69) is 0 Å². The van der Waals surface area contributed by atoms with Gasteiger partial charge in [0.2, 0.25) is 6.04 Å². The van der Waals surface area contributed by atoms with Crippen LogP contribution in [0, 0.1) is 10.1 Å². The van der Waals surface area contributed by atoms with E-state index in [1.54, 1.807) is 24.3 Å². The van der Waals surface area contributed by atoms with Gasteiger partial charge in [-0.25, -0.2) is 0 Å². The number of para-hydroxylation sites is 1. The van der Waals surface area contributed by atoms with Crippen molar-refractivity contribution >= 4 is 5.97 Å². The molecule has 19 heavy (non-hydrogen) atoms. The predicted molar refractivity (Wildman–Crippen MR) is 71.6 cm³/mol. The molecule has 5 heteroatoms. The highest BCUT2D eigenvalue weighted by Crippen LogP contribution is 2.13. The normalized spacial score (nSPS) is 11.8. The van der Waals surface area contributed by atoms with Gasteiger partial charge in [0.1, 0.15) is 5.75 Å². The molecule has 0 aromatic heterocycles. The summed E-state index contributed by atoms with van der Waals surface area (Å²) in [7, 11) is 0. The van der Waals surface area contributed by atoms with Gasteiger partial charge in [-0.15, -0.1) is 0 Å². The number of carbonyl (C=O) groups excluding carboxylic acids is 1. The Morgan fingerprint density at radius 1 is 1.32 bits per heavy atom. The first-order chi connectivity index (χ1) is 9.13. The smallest absolute Gasteiger partial charge is 0.311 e. The molecule has 0 aliphatic carbocycles. The van der Waals surface area contributed by atoms with E-state index in [1.807, 2.05) is 13.0 Å². The SMILES string of the molecule is CCCCC(CCC(=O)Oc1ccccc1)[N+](=O)[O-]. The highest BCUT2D eigenvalue weighted by Gasteiger charge is 2.21. The number of benzene rings is 1. The molecule has 1 unspecified atom stereocenters. The van der Waals surface area contributed by atoms with Gasteiger partial charge in [0.25, 0.3) is 0 Å². The second-order valence-electron chi connectivity index (χ2n) is 4.41. The van der Waals surface area contributed by atoms with Crippen LogP contribution in [0.2, 0.25) is 0 Å². The predicted octanol–water partition coefficient (Wildman–Crippen LogP) is 3.21. The molecule has 0 aliphatic heterocycles. The third-order valence-corrected chi connectivity index (χ3v) is 2.85. The van der Waals surface area contributed by atoms with Crippen LogP contribution in [0.5, 0.6) is 5.75 Å². The van der Waals surface area contributed by atoms with Crippen LogP contribution in [0.1, 0.15) is 39.0 Å². The van der Waals surface area contributed by atoms with Crippen LogP contribution >= 0.6 is 0 Å². The first-order valence-corrected chi connectivity index (χ1v) is 6.52. The number of carbonyl (C=O) groups is 1. The van der Waals surface area contributed by atoms with Crippen LogP contribution in [0.25, 0.3) is 0 Å². The Morgan fingerprint density at radius 2 is 2.00 bits per heavy atom. The largest absolute Gasteiger partial charge is 0.427 e. The van der Waals surface area contributed by atoms with Crippen LogP contribution in [0.15, 0.2) is 30.3 Å². The molecule has 0 fully saturated rings. The lowest BCUT2D eigenvalue weighted by molar-refractivity contribution is -0.524. The van der Waals surface area contributed by atoms with Crippen LogP contribution in [0.3, 0.4) is 0 Å². The Hall–Kier alpha value is -1.91. The Kier molecular flexibility index (Phi) is 6.57. The number of nitrogens with zero attached hydrogens (tertiary/aromatic N) is 1. The minimum atomic E-state index is -0.650. The number of hydrogen-bond donors (Lipinski definition) is 0. The standard InChI is InChI=1S/C14H19NO4/c1-2-3-7-12(15(17)18)10-11-14(16)19-13-8-5-4-6-9-13/h4-6,8-9,12H,2-3,7,10-11H2,1H3. The lowest BCUT2D eigenvalue weighted by atomic mass is 10.1. The molecule has 0 N–H and O–H groups in total. The van der Waals surface area contributed by atoms with E-state index in [0.29, 0.717) is 12.2 Å². The average Bonchev–Trinajstić information content (AvgIpc) is 2.39. The molecule has 1 atom stereocenters. The summed E-state index contributed by atoms with van der Waals surface area (Å²) >= 11 is 0. The van der Waals surface area contributed by atoms with E-state index in [9.17, 15) is 14.9 Å². The highest BCUT2D eigenvalue weighted by molar-refractivity contribution is 5.72. The molecule has 5 nitrogen and oxygen atoms in total. The zero-order valence-electron chi connectivity index (χ0n) is 11.1. The molecular weight excluding hydrogens is 246 g/mol. The molecule has 0 bridgehead atoms. The molecule has 0 heterocycles. The Balaban J connectivity index is 2.37. The maximum Gasteiger partial charge on any atom is 0.311 e. The summed E-state index contributed by atoms with van der Waals surface area (Å²) in [5.41, 5.74) is 0. The lowest BCUT2D eigenvalue weighted by Gasteiger charge is -2.08. The summed E-state index contributed by atoms with van der Waals surface area (Å²) < 4.78 is 5.09. The summed E-state index contributed by atoms with van der Waals surface area (Å²) in [6.45, 7) is 1.99. The molecule has 0 radical (unpaired) electrons. The number of rotatable bonds is 8. The molecule has 0 aliphatic rings. The molecule has 0 saturated carbocycles. The Labute approximate surface area is 112 Å². The molecule has 0 amide bonds. The van der Waals surface area contributed by atoms with Crippen molar-refractivity contribution in [3.05, 3.63) is 40.4 Å². The Bertz CT molecular complexity index is 405. The van der Waals surface area contributed by atoms with Crippen molar-refractivity contribution in [1.82, 2.24) is 0 Å². The summed E-state index contributed by atoms with van der Waals surface area (Å²) in [5.74, 6) is 0.0493. The van der Waals surface area contributed by atoms with Crippen molar-refractivity contribution in [3.63, 3.8) is 0 Å². The minimum Gasteiger partial charge on any atom is -0.427 e. The van der Waals surface area contributed by atoms with Crippen LogP contribution in [-0.4, -0.2) is 16.9 Å². The number of ether oxygens (including phenoxy) is 1. The van der Waals surface area contributed by atoms with Crippen LogP contribution in [0.4, 0.5) is 0 Å². The van der Waals surface area contributed by atoms with E-state index in [0.717, 1.165) is 12.8 Å². The molecule has 1 aromatic rings. The van der Waals surface area contributed by atoms with Gasteiger partial charge in [-0.05, 0) is 18.6 Å². The maximum atomic E-state index is 11.6. The topological polar surface area (TPSA) is 69.4 Å². The van der Waals surface area contributed by atoms with E-state index in [4.69, 9.17) is 4.74 Å². The average molecular weight is 265 g/mol. The number of nitro groups is 1. The number of esters is 1. The van der Waals surface area contributed by atoms with E-state index in [1.165, 1.54) is 0 Å². The molecule has 104 valence electrons. The monoisotopic (exact) mass is 265 g/mol. The summed E-state index contributed by atoms with van der Waals surface area (Å²) in [5, 5.41) is 10.8.